The van der Waals surface area contributed by atoms with Crippen molar-refractivity contribution in [2.45, 2.75) is 25.2 Å². The molecule has 0 spiro atoms. The van der Waals surface area contributed by atoms with Crippen LogP contribution in [-0.4, -0.2) is 18.2 Å². The number of hydrogen-bond acceptors (Lipinski definition) is 4. The van der Waals surface area contributed by atoms with Crippen molar-refractivity contribution in [2.75, 3.05) is 10.5 Å². The number of rotatable bonds is 4. The van der Waals surface area contributed by atoms with Gasteiger partial charge in [0.2, 0.25) is 0 Å². The Kier molecular flexibility index (Phi) is 3.71. The van der Waals surface area contributed by atoms with Crippen molar-refractivity contribution < 1.29 is 8.42 Å². The van der Waals surface area contributed by atoms with Gasteiger partial charge in [0.05, 0.1) is 16.3 Å². The molecule has 20 heavy (non-hydrogen) atoms. The maximum absolute atomic E-state index is 12.5. The molecule has 0 aliphatic carbocycles. The number of nitrogens with one attached hydrogen (secondary N) is 1. The summed E-state index contributed by atoms with van der Waals surface area (Å²) in [7, 11) is -1.93. The van der Waals surface area contributed by atoms with E-state index in [1.54, 1.807) is 37.0 Å². The topological polar surface area (TPSA) is 90.0 Å². The Morgan fingerprint density at radius 2 is 2.10 bits per heavy atom. The summed E-state index contributed by atoms with van der Waals surface area (Å²) in [5, 5.41) is 4.11. The molecule has 1 aromatic heterocycles. The SMILES string of the molecule is CCc1ccc(N)cc1S(=O)(=O)Nc1cn(C)nc1C. The lowest BCUT2D eigenvalue weighted by atomic mass is 10.1. The highest BCUT2D eigenvalue weighted by Gasteiger charge is 2.20. The molecule has 0 radical (unpaired) electrons. The highest BCUT2D eigenvalue weighted by atomic mass is 32.2. The number of aromatic nitrogens is 2. The summed E-state index contributed by atoms with van der Waals surface area (Å²) < 4.78 is 29.1. The molecule has 2 aromatic rings. The second kappa shape index (κ2) is 5.16. The number of benzene rings is 1. The number of hydrogen-bond donors (Lipinski definition) is 2. The van der Waals surface area contributed by atoms with Crippen LogP contribution < -0.4 is 10.5 Å². The molecule has 0 aliphatic heterocycles. The Bertz CT molecular complexity index is 735. The summed E-state index contributed by atoms with van der Waals surface area (Å²) in [6.07, 6.45) is 2.24. The molecule has 2 rings (SSSR count). The molecule has 0 bridgehead atoms. The van der Waals surface area contributed by atoms with Gasteiger partial charge in [0.25, 0.3) is 10.0 Å². The van der Waals surface area contributed by atoms with Crippen LogP contribution in [0.5, 0.6) is 0 Å². The summed E-state index contributed by atoms with van der Waals surface area (Å²) in [6, 6.07) is 4.92. The van der Waals surface area contributed by atoms with E-state index in [0.717, 1.165) is 5.56 Å². The standard InChI is InChI=1S/C13H18N4O2S/c1-4-10-5-6-11(14)7-13(10)20(18,19)16-12-8-17(3)15-9(12)2/h5-8,16H,4,14H2,1-3H3. The molecule has 0 fully saturated rings. The van der Waals surface area contributed by atoms with Crippen LogP contribution in [0.15, 0.2) is 29.3 Å². The molecule has 0 aliphatic rings. The van der Waals surface area contributed by atoms with E-state index < -0.39 is 10.0 Å². The van der Waals surface area contributed by atoms with Crippen LogP contribution in [0.3, 0.4) is 0 Å². The van der Waals surface area contributed by atoms with Gasteiger partial charge in [-0.3, -0.25) is 9.40 Å². The maximum atomic E-state index is 12.5. The smallest absolute Gasteiger partial charge is 0.262 e. The van der Waals surface area contributed by atoms with Gasteiger partial charge in [-0.05, 0) is 31.0 Å². The maximum Gasteiger partial charge on any atom is 0.262 e. The molecule has 0 saturated carbocycles. The monoisotopic (exact) mass is 294 g/mol. The Morgan fingerprint density at radius 1 is 1.40 bits per heavy atom. The first-order valence-corrected chi connectivity index (χ1v) is 7.73. The Hall–Kier alpha value is -2.02. The third kappa shape index (κ3) is 2.77. The lowest BCUT2D eigenvalue weighted by Crippen LogP contribution is -2.15. The van der Waals surface area contributed by atoms with Crippen molar-refractivity contribution >= 4 is 21.4 Å². The predicted octanol–water partition coefficient (Wildman–Crippen LogP) is 1.67. The molecule has 0 atom stereocenters. The van der Waals surface area contributed by atoms with Crippen LogP contribution in [0.2, 0.25) is 0 Å². The molecule has 3 N–H and O–H groups in total. The Morgan fingerprint density at radius 3 is 2.65 bits per heavy atom. The molecule has 0 amide bonds. The van der Waals surface area contributed by atoms with E-state index in [1.807, 2.05) is 6.92 Å². The summed E-state index contributed by atoms with van der Waals surface area (Å²) in [4.78, 5) is 0.211. The van der Waals surface area contributed by atoms with E-state index in [0.29, 0.717) is 23.5 Å². The average Bonchev–Trinajstić information content (AvgIpc) is 2.67. The molecule has 108 valence electrons. The van der Waals surface area contributed by atoms with Gasteiger partial charge >= 0.3 is 0 Å². The zero-order valence-corrected chi connectivity index (χ0v) is 12.5. The fourth-order valence-corrected chi connectivity index (χ4v) is 3.46. The highest BCUT2D eigenvalue weighted by Crippen LogP contribution is 2.23. The third-order valence-electron chi connectivity index (χ3n) is 3.02. The van der Waals surface area contributed by atoms with E-state index in [9.17, 15) is 8.42 Å². The molecular weight excluding hydrogens is 276 g/mol. The quantitative estimate of drug-likeness (QED) is 0.839. The van der Waals surface area contributed by atoms with Crippen LogP contribution in [0.1, 0.15) is 18.2 Å². The van der Waals surface area contributed by atoms with Crippen molar-refractivity contribution in [3.63, 3.8) is 0 Å². The van der Waals surface area contributed by atoms with Crippen LogP contribution >= 0.6 is 0 Å². The van der Waals surface area contributed by atoms with Gasteiger partial charge in [-0.15, -0.1) is 0 Å². The first kappa shape index (κ1) is 14.4. The molecule has 6 nitrogen and oxygen atoms in total. The van der Waals surface area contributed by atoms with Crippen LogP contribution in [0.25, 0.3) is 0 Å². The summed E-state index contributed by atoms with van der Waals surface area (Å²) >= 11 is 0. The van der Waals surface area contributed by atoms with Gasteiger partial charge in [-0.1, -0.05) is 13.0 Å². The van der Waals surface area contributed by atoms with Gasteiger partial charge in [0.1, 0.15) is 0 Å². The van der Waals surface area contributed by atoms with Gasteiger partial charge in [-0.2, -0.15) is 5.10 Å². The minimum atomic E-state index is -3.67. The number of sulfonamides is 1. The number of aryl methyl sites for hydroxylation is 3. The van der Waals surface area contributed by atoms with E-state index >= 15 is 0 Å². The lowest BCUT2D eigenvalue weighted by Gasteiger charge is -2.11. The highest BCUT2D eigenvalue weighted by molar-refractivity contribution is 7.92. The summed E-state index contributed by atoms with van der Waals surface area (Å²) in [5.41, 5.74) is 7.94. The molecule has 0 saturated heterocycles. The van der Waals surface area contributed by atoms with Crippen molar-refractivity contribution in [1.82, 2.24) is 9.78 Å². The number of nitrogens with two attached hydrogens (primary N) is 1. The first-order valence-electron chi connectivity index (χ1n) is 6.25. The van der Waals surface area contributed by atoms with E-state index in [-0.39, 0.29) is 4.90 Å². The van der Waals surface area contributed by atoms with Crippen LogP contribution in [0, 0.1) is 6.92 Å². The van der Waals surface area contributed by atoms with Crippen LogP contribution in [0.4, 0.5) is 11.4 Å². The van der Waals surface area contributed by atoms with Crippen molar-refractivity contribution in [3.05, 3.63) is 35.7 Å². The third-order valence-corrected chi connectivity index (χ3v) is 4.47. The van der Waals surface area contributed by atoms with E-state index in [1.165, 1.54) is 6.07 Å². The Balaban J connectivity index is 2.45. The van der Waals surface area contributed by atoms with Gasteiger partial charge < -0.3 is 5.73 Å². The number of nitrogen functional groups attached to an aromatic ring is 1. The minimum absolute atomic E-state index is 0.211. The van der Waals surface area contributed by atoms with Gasteiger partial charge in [0, 0.05) is 18.9 Å². The second-order valence-corrected chi connectivity index (χ2v) is 6.28. The molecule has 1 heterocycles. The molecular formula is C13H18N4O2S. The van der Waals surface area contributed by atoms with Gasteiger partial charge in [0.15, 0.2) is 0 Å². The average molecular weight is 294 g/mol. The molecule has 1 aromatic carbocycles. The van der Waals surface area contributed by atoms with Gasteiger partial charge in [-0.25, -0.2) is 8.42 Å². The summed E-state index contributed by atoms with van der Waals surface area (Å²) in [5.74, 6) is 0. The normalized spacial score (nSPS) is 11.6. The summed E-state index contributed by atoms with van der Waals surface area (Å²) in [6.45, 7) is 3.65. The zero-order valence-electron chi connectivity index (χ0n) is 11.7. The Labute approximate surface area is 118 Å². The van der Waals surface area contributed by atoms with Crippen molar-refractivity contribution in [1.29, 1.82) is 0 Å². The second-order valence-electron chi connectivity index (χ2n) is 4.63. The van der Waals surface area contributed by atoms with Crippen molar-refractivity contribution in [2.24, 2.45) is 7.05 Å². The minimum Gasteiger partial charge on any atom is -0.399 e. The number of anilines is 2. The fourth-order valence-electron chi connectivity index (χ4n) is 2.01. The first-order chi connectivity index (χ1) is 9.33. The lowest BCUT2D eigenvalue weighted by molar-refractivity contribution is 0.600. The van der Waals surface area contributed by atoms with Crippen LogP contribution in [-0.2, 0) is 23.5 Å². The number of nitrogens with zero attached hydrogens (tertiary/aromatic N) is 2. The molecule has 0 unspecified atom stereocenters. The van der Waals surface area contributed by atoms with E-state index in [2.05, 4.69) is 9.82 Å². The predicted molar refractivity (Wildman–Crippen MR) is 79.0 cm³/mol. The molecule has 7 heteroatoms. The fraction of sp³-hybridized carbons (Fsp3) is 0.308. The van der Waals surface area contributed by atoms with E-state index in [4.69, 9.17) is 5.73 Å². The zero-order chi connectivity index (χ0) is 14.9. The largest absolute Gasteiger partial charge is 0.399 e. The van der Waals surface area contributed by atoms with Crippen molar-refractivity contribution in [3.8, 4) is 0 Å².